The molecule has 0 radical (unpaired) electrons. The third-order valence-corrected chi connectivity index (χ3v) is 4.56. The zero-order chi connectivity index (χ0) is 18.2. The summed E-state index contributed by atoms with van der Waals surface area (Å²) in [5.74, 6) is 0.321. The number of hydrogen-bond acceptors (Lipinski definition) is 5. The number of nitriles is 1. The molecule has 0 bridgehead atoms. The van der Waals surface area contributed by atoms with Gasteiger partial charge >= 0.3 is 0 Å². The van der Waals surface area contributed by atoms with Gasteiger partial charge in [-0.3, -0.25) is 10.1 Å². The van der Waals surface area contributed by atoms with Gasteiger partial charge in [0.25, 0.3) is 5.91 Å². The maximum Gasteiger partial charge on any atom is 0.268 e. The lowest BCUT2D eigenvalue weighted by Crippen LogP contribution is -2.13. The summed E-state index contributed by atoms with van der Waals surface area (Å²) in [6.45, 7) is 6.62. The Bertz CT molecular complexity index is 782. The van der Waals surface area contributed by atoms with Gasteiger partial charge in [-0.1, -0.05) is 25.5 Å². The van der Waals surface area contributed by atoms with Crippen molar-refractivity contribution in [1.82, 2.24) is 4.98 Å². The Balaban J connectivity index is 2.05. The van der Waals surface area contributed by atoms with Crippen LogP contribution in [0.1, 0.15) is 35.9 Å². The number of nitrogens with one attached hydrogen (secondary N) is 1. The molecule has 1 heterocycles. The van der Waals surface area contributed by atoms with Crippen LogP contribution in [0.3, 0.4) is 0 Å². The molecule has 0 fully saturated rings. The molecule has 0 aliphatic heterocycles. The Morgan fingerprint density at radius 1 is 1.36 bits per heavy atom. The predicted octanol–water partition coefficient (Wildman–Crippen LogP) is 4.48. The molecule has 1 aromatic carbocycles. The molecule has 130 valence electrons. The van der Waals surface area contributed by atoms with Gasteiger partial charge in [-0.2, -0.15) is 5.26 Å². The fourth-order valence-electron chi connectivity index (χ4n) is 2.00. The van der Waals surface area contributed by atoms with Gasteiger partial charge < -0.3 is 4.74 Å². The van der Waals surface area contributed by atoms with Crippen molar-refractivity contribution in [2.45, 2.75) is 33.6 Å². The van der Waals surface area contributed by atoms with Crippen LogP contribution in [0, 0.1) is 25.2 Å². The molecule has 1 amide bonds. The number of hydrogen-bond donors (Lipinski definition) is 1. The maximum atomic E-state index is 12.3. The highest BCUT2D eigenvalue weighted by atomic mass is 32.1. The summed E-state index contributed by atoms with van der Waals surface area (Å²) in [5, 5.41) is 12.4. The molecule has 0 saturated carbocycles. The zero-order valence-electron chi connectivity index (χ0n) is 14.6. The van der Waals surface area contributed by atoms with E-state index in [9.17, 15) is 10.1 Å². The average molecular weight is 355 g/mol. The van der Waals surface area contributed by atoms with Crippen molar-refractivity contribution >= 4 is 28.5 Å². The predicted molar refractivity (Wildman–Crippen MR) is 101 cm³/mol. The van der Waals surface area contributed by atoms with Crippen molar-refractivity contribution < 1.29 is 9.53 Å². The van der Waals surface area contributed by atoms with E-state index in [0.29, 0.717) is 11.7 Å². The molecular weight excluding hydrogens is 334 g/mol. The number of anilines is 1. The summed E-state index contributed by atoms with van der Waals surface area (Å²) in [5.41, 5.74) is 1.67. The largest absolute Gasteiger partial charge is 0.494 e. The van der Waals surface area contributed by atoms with E-state index in [1.54, 1.807) is 6.08 Å². The number of thiazole rings is 1. The van der Waals surface area contributed by atoms with Gasteiger partial charge in [0.1, 0.15) is 17.4 Å². The van der Waals surface area contributed by atoms with Crippen LogP contribution >= 0.6 is 11.3 Å². The molecule has 0 atom stereocenters. The molecule has 6 heteroatoms. The summed E-state index contributed by atoms with van der Waals surface area (Å²) in [4.78, 5) is 17.5. The molecule has 0 saturated heterocycles. The number of benzene rings is 1. The first-order chi connectivity index (χ1) is 12.0. The van der Waals surface area contributed by atoms with E-state index >= 15 is 0 Å². The van der Waals surface area contributed by atoms with Crippen LogP contribution in [0.15, 0.2) is 29.8 Å². The topological polar surface area (TPSA) is 75.0 Å². The minimum absolute atomic E-state index is 0.0326. The highest BCUT2D eigenvalue weighted by molar-refractivity contribution is 7.15. The Morgan fingerprint density at radius 3 is 2.64 bits per heavy atom. The molecule has 2 rings (SSSR count). The molecule has 1 aromatic heterocycles. The van der Waals surface area contributed by atoms with Crippen molar-refractivity contribution in [2.75, 3.05) is 11.9 Å². The van der Waals surface area contributed by atoms with Crippen LogP contribution in [-0.4, -0.2) is 17.5 Å². The Morgan fingerprint density at radius 2 is 2.08 bits per heavy atom. The molecule has 25 heavy (non-hydrogen) atoms. The quantitative estimate of drug-likeness (QED) is 0.451. The fraction of sp³-hybridized carbons (Fsp3) is 0.316. The number of carbonyl (C=O) groups is 1. The van der Waals surface area contributed by atoms with Crippen molar-refractivity contribution in [3.05, 3.63) is 46.0 Å². The molecule has 5 nitrogen and oxygen atoms in total. The Kier molecular flexibility index (Phi) is 6.72. The van der Waals surface area contributed by atoms with E-state index in [0.717, 1.165) is 34.7 Å². The summed E-state index contributed by atoms with van der Waals surface area (Å²) in [6.07, 6.45) is 3.65. The Hall–Kier alpha value is -2.65. The number of amides is 1. The Labute approximate surface area is 152 Å². The minimum Gasteiger partial charge on any atom is -0.494 e. The van der Waals surface area contributed by atoms with Crippen LogP contribution in [0.25, 0.3) is 6.08 Å². The number of ether oxygens (including phenoxy) is 1. The molecule has 0 aliphatic carbocycles. The lowest BCUT2D eigenvalue weighted by atomic mass is 10.1. The highest BCUT2D eigenvalue weighted by Crippen LogP contribution is 2.22. The molecule has 0 unspecified atom stereocenters. The molecule has 0 aliphatic rings. The molecular formula is C19H21N3O2S. The van der Waals surface area contributed by atoms with Crippen molar-refractivity contribution in [3.8, 4) is 11.8 Å². The lowest BCUT2D eigenvalue weighted by Gasteiger charge is -2.05. The first-order valence-electron chi connectivity index (χ1n) is 8.13. The second kappa shape index (κ2) is 9.00. The smallest absolute Gasteiger partial charge is 0.268 e. The lowest BCUT2D eigenvalue weighted by molar-refractivity contribution is -0.112. The first-order valence-corrected chi connectivity index (χ1v) is 8.95. The SMILES string of the molecule is CCCCOc1ccc(/C=C(\C#N)C(=O)Nc2nc(C)c(C)s2)cc1. The summed E-state index contributed by atoms with van der Waals surface area (Å²) in [6, 6.07) is 9.26. The second-order valence-electron chi connectivity index (χ2n) is 5.56. The third-order valence-electron chi connectivity index (χ3n) is 3.57. The minimum atomic E-state index is -0.459. The monoisotopic (exact) mass is 355 g/mol. The number of rotatable bonds is 7. The van der Waals surface area contributed by atoms with E-state index < -0.39 is 5.91 Å². The second-order valence-corrected chi connectivity index (χ2v) is 6.76. The number of aryl methyl sites for hydroxylation is 2. The van der Waals surface area contributed by atoms with E-state index in [2.05, 4.69) is 17.2 Å². The number of carbonyl (C=O) groups excluding carboxylic acids is 1. The van der Waals surface area contributed by atoms with Gasteiger partial charge in [0.15, 0.2) is 5.13 Å². The van der Waals surface area contributed by atoms with Crippen LogP contribution in [0.5, 0.6) is 5.75 Å². The average Bonchev–Trinajstić information content (AvgIpc) is 2.91. The molecule has 0 spiro atoms. The number of unbranched alkanes of at least 4 members (excludes halogenated alkanes) is 1. The van der Waals surface area contributed by atoms with Crippen molar-refractivity contribution in [1.29, 1.82) is 5.26 Å². The van der Waals surface area contributed by atoms with E-state index in [4.69, 9.17) is 4.74 Å². The van der Waals surface area contributed by atoms with Gasteiger partial charge in [0.05, 0.1) is 12.3 Å². The molecule has 2 aromatic rings. The van der Waals surface area contributed by atoms with Crippen molar-refractivity contribution in [3.63, 3.8) is 0 Å². The van der Waals surface area contributed by atoms with Gasteiger partial charge in [0, 0.05) is 4.88 Å². The normalized spacial score (nSPS) is 11.0. The van der Waals surface area contributed by atoms with Gasteiger partial charge in [0.2, 0.25) is 0 Å². The maximum absolute atomic E-state index is 12.3. The zero-order valence-corrected chi connectivity index (χ0v) is 15.4. The number of nitrogens with zero attached hydrogens (tertiary/aromatic N) is 2. The van der Waals surface area contributed by atoms with Gasteiger partial charge in [-0.25, -0.2) is 4.98 Å². The van der Waals surface area contributed by atoms with Crippen molar-refractivity contribution in [2.24, 2.45) is 0 Å². The van der Waals surface area contributed by atoms with E-state index in [1.165, 1.54) is 11.3 Å². The summed E-state index contributed by atoms with van der Waals surface area (Å²) >= 11 is 1.39. The molecule has 1 N–H and O–H groups in total. The number of aromatic nitrogens is 1. The standard InChI is InChI=1S/C19H21N3O2S/c1-4-5-10-24-17-8-6-15(7-9-17)11-16(12-20)18(23)22-19-21-13(2)14(3)25-19/h6-9,11H,4-5,10H2,1-3H3,(H,21,22,23)/b16-11+. The van der Waals surface area contributed by atoms with Gasteiger partial charge in [-0.15, -0.1) is 11.3 Å². The van der Waals surface area contributed by atoms with Crippen LogP contribution in [-0.2, 0) is 4.79 Å². The third kappa shape index (κ3) is 5.44. The van der Waals surface area contributed by atoms with E-state index in [-0.39, 0.29) is 5.57 Å². The fourth-order valence-corrected chi connectivity index (χ4v) is 2.81. The van der Waals surface area contributed by atoms with Gasteiger partial charge in [-0.05, 0) is 44.0 Å². The van der Waals surface area contributed by atoms with Crippen LogP contribution < -0.4 is 10.1 Å². The van der Waals surface area contributed by atoms with E-state index in [1.807, 2.05) is 44.2 Å². The highest BCUT2D eigenvalue weighted by Gasteiger charge is 2.12. The van der Waals surface area contributed by atoms with Crippen LogP contribution in [0.2, 0.25) is 0 Å². The summed E-state index contributed by atoms with van der Waals surface area (Å²) in [7, 11) is 0. The first kappa shape index (κ1) is 18.7. The van der Waals surface area contributed by atoms with Crippen LogP contribution in [0.4, 0.5) is 5.13 Å². The summed E-state index contributed by atoms with van der Waals surface area (Å²) < 4.78 is 5.60.